The van der Waals surface area contributed by atoms with Crippen LogP contribution in [0.2, 0.25) is 0 Å². The maximum atomic E-state index is 13.4. The highest BCUT2D eigenvalue weighted by molar-refractivity contribution is 5.96. The lowest BCUT2D eigenvalue weighted by Crippen LogP contribution is -2.66. The largest absolute Gasteiger partial charge is 0.465 e. The molecule has 0 aromatic heterocycles. The molecular weight excluding hydrogens is 398 g/mol. The second-order valence-electron chi connectivity index (χ2n) is 10.2. The van der Waals surface area contributed by atoms with E-state index >= 15 is 0 Å². The minimum atomic E-state index is -0.573. The second kappa shape index (κ2) is 6.86. The molecule has 0 radical (unpaired) electrons. The molecule has 3 aromatic rings. The lowest BCUT2D eigenvalue weighted by Gasteiger charge is -2.56. The molecule has 1 saturated carbocycles. The fourth-order valence-electron chi connectivity index (χ4n) is 5.22. The van der Waals surface area contributed by atoms with Gasteiger partial charge in [0, 0.05) is 5.41 Å². The van der Waals surface area contributed by atoms with E-state index in [1.807, 2.05) is 74.4 Å². The van der Waals surface area contributed by atoms with Crippen molar-refractivity contribution in [2.24, 2.45) is 0 Å². The minimum absolute atomic E-state index is 0.195. The zero-order chi connectivity index (χ0) is 22.7. The molecule has 0 bridgehead atoms. The van der Waals surface area contributed by atoms with Crippen molar-refractivity contribution in [1.82, 2.24) is 0 Å². The normalized spacial score (nSPS) is 25.3. The summed E-state index contributed by atoms with van der Waals surface area (Å²) in [6.07, 6.45) is 2.33. The van der Waals surface area contributed by atoms with Gasteiger partial charge < -0.3 is 9.47 Å². The first-order chi connectivity index (χ1) is 15.1. The van der Waals surface area contributed by atoms with Crippen LogP contribution in [-0.2, 0) is 10.2 Å². The molecule has 2 aliphatic rings. The first-order valence-electron chi connectivity index (χ1n) is 11.1. The van der Waals surface area contributed by atoms with Crippen LogP contribution >= 0.6 is 0 Å². The van der Waals surface area contributed by atoms with E-state index in [2.05, 4.69) is 38.1 Å². The van der Waals surface area contributed by atoms with Crippen LogP contribution in [0, 0.1) is 0 Å². The fourth-order valence-corrected chi connectivity index (χ4v) is 5.22. The summed E-state index contributed by atoms with van der Waals surface area (Å²) in [6.45, 7) is 10.0. The first kappa shape index (κ1) is 20.6. The summed E-state index contributed by atoms with van der Waals surface area (Å²) in [5.74, 6) is 0.785. The van der Waals surface area contributed by atoms with E-state index in [0.717, 1.165) is 28.8 Å². The summed E-state index contributed by atoms with van der Waals surface area (Å²) in [4.78, 5) is 15.2. The number of amides is 1. The molecule has 1 aliphatic carbocycles. The van der Waals surface area contributed by atoms with Gasteiger partial charge in [-0.2, -0.15) is 0 Å². The molecule has 4 nitrogen and oxygen atoms in total. The summed E-state index contributed by atoms with van der Waals surface area (Å²) in [7, 11) is 0. The van der Waals surface area contributed by atoms with Gasteiger partial charge in [0.25, 0.3) is 0 Å². The average molecular weight is 428 g/mol. The zero-order valence-electron chi connectivity index (χ0n) is 19.3. The van der Waals surface area contributed by atoms with Crippen molar-refractivity contribution in [3.8, 4) is 5.75 Å². The van der Waals surface area contributed by atoms with Gasteiger partial charge in [-0.05, 0) is 74.2 Å². The van der Waals surface area contributed by atoms with Crippen molar-refractivity contribution >= 4 is 22.6 Å². The van der Waals surface area contributed by atoms with Gasteiger partial charge in [0.2, 0.25) is 0 Å². The summed E-state index contributed by atoms with van der Waals surface area (Å²) in [5, 5.41) is 2.31. The molecule has 2 atom stereocenters. The Morgan fingerprint density at radius 3 is 2.41 bits per heavy atom. The van der Waals surface area contributed by atoms with E-state index in [9.17, 15) is 4.79 Å². The number of anilines is 1. The van der Waals surface area contributed by atoms with E-state index in [1.54, 1.807) is 0 Å². The van der Waals surface area contributed by atoms with Crippen LogP contribution in [0.25, 0.3) is 10.8 Å². The Bertz CT molecular complexity index is 1250. The van der Waals surface area contributed by atoms with Gasteiger partial charge in [-0.25, -0.2) is 4.79 Å². The Kier molecular flexibility index (Phi) is 4.42. The molecule has 5 rings (SSSR count). The molecule has 3 aromatic carbocycles. The topological polar surface area (TPSA) is 38.8 Å². The number of carbonyl (C=O) groups is 1. The SMILES string of the molecule is CC(C)(C)OC(=O)N1c2ccccc2[C@@]2(C)C/C(=C/Oc3ccc4ccccc4c3)[C@@]12C. The zero-order valence-corrected chi connectivity index (χ0v) is 19.3. The van der Waals surface area contributed by atoms with E-state index in [4.69, 9.17) is 9.47 Å². The molecule has 1 heterocycles. The Morgan fingerprint density at radius 1 is 0.969 bits per heavy atom. The molecule has 0 unspecified atom stereocenters. The molecule has 1 fully saturated rings. The van der Waals surface area contributed by atoms with Crippen LogP contribution in [-0.4, -0.2) is 17.2 Å². The molecule has 0 N–H and O–H groups in total. The fraction of sp³-hybridized carbons (Fsp3) is 0.321. The molecule has 4 heteroatoms. The number of hydrogen-bond donors (Lipinski definition) is 0. The third-order valence-corrected chi connectivity index (χ3v) is 7.06. The van der Waals surface area contributed by atoms with Crippen LogP contribution < -0.4 is 9.64 Å². The Balaban J connectivity index is 1.51. The van der Waals surface area contributed by atoms with Gasteiger partial charge in [-0.15, -0.1) is 0 Å². The van der Waals surface area contributed by atoms with Crippen molar-refractivity contribution in [2.75, 3.05) is 4.90 Å². The van der Waals surface area contributed by atoms with E-state index in [-0.39, 0.29) is 11.5 Å². The lowest BCUT2D eigenvalue weighted by atomic mass is 9.52. The molecule has 0 spiro atoms. The monoisotopic (exact) mass is 427 g/mol. The van der Waals surface area contributed by atoms with E-state index in [0.29, 0.717) is 0 Å². The summed E-state index contributed by atoms with van der Waals surface area (Å²) in [5.41, 5.74) is 1.86. The number of rotatable bonds is 2. The molecular formula is C28H29NO3. The first-order valence-corrected chi connectivity index (χ1v) is 11.1. The number of hydrogen-bond acceptors (Lipinski definition) is 3. The summed E-state index contributed by atoms with van der Waals surface area (Å²) < 4.78 is 11.9. The van der Waals surface area contributed by atoms with Gasteiger partial charge in [0.1, 0.15) is 11.4 Å². The lowest BCUT2D eigenvalue weighted by molar-refractivity contribution is 0.0503. The number of para-hydroxylation sites is 1. The highest BCUT2D eigenvalue weighted by Crippen LogP contribution is 2.65. The maximum absolute atomic E-state index is 13.4. The van der Waals surface area contributed by atoms with Gasteiger partial charge in [-0.1, -0.05) is 55.5 Å². The molecule has 1 aliphatic heterocycles. The number of benzene rings is 3. The Labute approximate surface area is 189 Å². The average Bonchev–Trinajstić information content (AvgIpc) is 2.89. The summed E-state index contributed by atoms with van der Waals surface area (Å²) in [6, 6.07) is 22.5. The smallest absolute Gasteiger partial charge is 0.415 e. The Morgan fingerprint density at radius 2 is 1.66 bits per heavy atom. The standard InChI is InChI=1S/C28H29NO3/c1-26(2,3)32-25(30)29-24-13-9-8-12-23(24)27(4)17-21(28(27,29)5)18-31-22-15-14-19-10-6-7-11-20(19)16-22/h6-16,18H,17H2,1-5H3/b21-18-/t27-,28-/m1/s1. The molecule has 0 saturated heterocycles. The third-order valence-electron chi connectivity index (χ3n) is 7.06. The van der Waals surface area contributed by atoms with E-state index in [1.165, 1.54) is 10.9 Å². The van der Waals surface area contributed by atoms with Crippen LogP contribution in [0.1, 0.15) is 46.6 Å². The van der Waals surface area contributed by atoms with Crippen LogP contribution in [0.4, 0.5) is 10.5 Å². The predicted octanol–water partition coefficient (Wildman–Crippen LogP) is 6.98. The van der Waals surface area contributed by atoms with Gasteiger partial charge >= 0.3 is 6.09 Å². The van der Waals surface area contributed by atoms with Gasteiger partial charge in [0.05, 0.1) is 17.5 Å². The molecule has 164 valence electrons. The van der Waals surface area contributed by atoms with Gasteiger partial charge in [-0.3, -0.25) is 4.90 Å². The molecule has 32 heavy (non-hydrogen) atoms. The van der Waals surface area contributed by atoms with Crippen molar-refractivity contribution < 1.29 is 14.3 Å². The van der Waals surface area contributed by atoms with Crippen LogP contribution in [0.15, 0.2) is 78.6 Å². The van der Waals surface area contributed by atoms with E-state index < -0.39 is 11.1 Å². The third kappa shape index (κ3) is 2.93. The Hall–Kier alpha value is -3.27. The minimum Gasteiger partial charge on any atom is -0.465 e. The van der Waals surface area contributed by atoms with Crippen LogP contribution in [0.3, 0.4) is 0 Å². The highest BCUT2D eigenvalue weighted by Gasteiger charge is 2.68. The maximum Gasteiger partial charge on any atom is 0.415 e. The number of ether oxygens (including phenoxy) is 2. The second-order valence-corrected chi connectivity index (χ2v) is 10.2. The van der Waals surface area contributed by atoms with Crippen molar-refractivity contribution in [1.29, 1.82) is 0 Å². The number of carbonyl (C=O) groups excluding carboxylic acids is 1. The molecule has 1 amide bonds. The number of nitrogens with zero attached hydrogens (tertiary/aromatic N) is 1. The predicted molar refractivity (Wildman–Crippen MR) is 128 cm³/mol. The van der Waals surface area contributed by atoms with Crippen LogP contribution in [0.5, 0.6) is 5.75 Å². The quantitative estimate of drug-likeness (QED) is 0.414. The summed E-state index contributed by atoms with van der Waals surface area (Å²) >= 11 is 0. The van der Waals surface area contributed by atoms with Crippen molar-refractivity contribution in [3.63, 3.8) is 0 Å². The van der Waals surface area contributed by atoms with Gasteiger partial charge in [0.15, 0.2) is 0 Å². The van der Waals surface area contributed by atoms with Crippen molar-refractivity contribution in [2.45, 2.75) is 57.6 Å². The highest BCUT2D eigenvalue weighted by atomic mass is 16.6. The number of fused-ring (bicyclic) bond motifs is 4. The van der Waals surface area contributed by atoms with Crippen molar-refractivity contribution in [3.05, 3.63) is 84.1 Å².